The summed E-state index contributed by atoms with van der Waals surface area (Å²) in [6, 6.07) is 12.1. The predicted octanol–water partition coefficient (Wildman–Crippen LogP) is 4.18. The van der Waals surface area contributed by atoms with Crippen LogP contribution in [0.5, 0.6) is 0 Å². The molecular formula is C15H13BrClN3. The van der Waals surface area contributed by atoms with E-state index in [2.05, 4.69) is 36.5 Å². The van der Waals surface area contributed by atoms with Gasteiger partial charge in [-0.25, -0.2) is 4.98 Å². The minimum Gasteiger partial charge on any atom is -0.327 e. The maximum Gasteiger partial charge on any atom is 0.124 e. The van der Waals surface area contributed by atoms with Gasteiger partial charge in [-0.2, -0.15) is 0 Å². The summed E-state index contributed by atoms with van der Waals surface area (Å²) in [7, 11) is 0. The Labute approximate surface area is 130 Å². The molecule has 0 saturated heterocycles. The first-order valence-electron chi connectivity index (χ1n) is 6.38. The molecule has 2 aromatic heterocycles. The van der Waals surface area contributed by atoms with Gasteiger partial charge in [0.05, 0.1) is 16.9 Å². The van der Waals surface area contributed by atoms with Gasteiger partial charge in [0.15, 0.2) is 0 Å². The Morgan fingerprint density at radius 2 is 2.10 bits per heavy atom. The third kappa shape index (κ3) is 2.72. The number of alkyl halides is 1. The van der Waals surface area contributed by atoms with Crippen molar-refractivity contribution in [1.82, 2.24) is 14.5 Å². The molecule has 0 saturated carbocycles. The van der Waals surface area contributed by atoms with Crippen LogP contribution in [0.3, 0.4) is 0 Å². The van der Waals surface area contributed by atoms with Gasteiger partial charge in [-0.3, -0.25) is 4.98 Å². The largest absolute Gasteiger partial charge is 0.327 e. The van der Waals surface area contributed by atoms with Crippen LogP contribution in [-0.4, -0.2) is 14.5 Å². The molecule has 5 heteroatoms. The maximum absolute atomic E-state index is 6.01. The van der Waals surface area contributed by atoms with Crippen molar-refractivity contribution in [3.05, 3.63) is 58.6 Å². The third-order valence-corrected chi connectivity index (χ3v) is 3.96. The number of rotatable bonds is 4. The first-order valence-corrected chi connectivity index (χ1v) is 7.71. The van der Waals surface area contributed by atoms with Crippen LogP contribution in [-0.2, 0) is 18.8 Å². The molecule has 0 spiro atoms. The van der Waals surface area contributed by atoms with E-state index in [1.165, 1.54) is 0 Å². The van der Waals surface area contributed by atoms with Crippen LogP contribution >= 0.6 is 27.5 Å². The van der Waals surface area contributed by atoms with Gasteiger partial charge in [-0.05, 0) is 30.3 Å². The highest BCUT2D eigenvalue weighted by Crippen LogP contribution is 2.22. The second-order valence-corrected chi connectivity index (χ2v) is 5.70. The number of fused-ring (bicyclic) bond motifs is 1. The zero-order chi connectivity index (χ0) is 13.9. The molecule has 0 amide bonds. The molecule has 2 heterocycles. The van der Waals surface area contributed by atoms with Crippen molar-refractivity contribution >= 4 is 38.6 Å². The molecule has 0 unspecified atom stereocenters. The van der Waals surface area contributed by atoms with E-state index in [1.807, 2.05) is 36.5 Å². The quantitative estimate of drug-likeness (QED) is 0.661. The molecule has 0 fully saturated rings. The molecule has 102 valence electrons. The van der Waals surface area contributed by atoms with Crippen LogP contribution in [0.25, 0.3) is 11.0 Å². The number of halogens is 2. The minimum atomic E-state index is 0.411. The summed E-state index contributed by atoms with van der Waals surface area (Å²) in [4.78, 5) is 8.93. The van der Waals surface area contributed by atoms with E-state index in [4.69, 9.17) is 11.6 Å². The number of nitrogens with zero attached hydrogens (tertiary/aromatic N) is 3. The van der Waals surface area contributed by atoms with Crippen LogP contribution in [0.15, 0.2) is 47.1 Å². The third-order valence-electron chi connectivity index (χ3n) is 3.23. The van der Waals surface area contributed by atoms with E-state index in [9.17, 15) is 0 Å². The van der Waals surface area contributed by atoms with Crippen molar-refractivity contribution in [2.24, 2.45) is 0 Å². The number of hydrogen-bond acceptors (Lipinski definition) is 2. The molecule has 0 aliphatic heterocycles. The van der Waals surface area contributed by atoms with Crippen LogP contribution in [0, 0.1) is 0 Å². The standard InChI is InChI=1S/C15H13BrClN3/c16-11-4-5-13-14(9-11)20(15(10-17)19-13)8-6-12-3-1-2-7-18-12/h1-5,7,9H,6,8,10H2. The number of aromatic nitrogens is 3. The number of pyridine rings is 1. The zero-order valence-corrected chi connectivity index (χ0v) is 13.1. The zero-order valence-electron chi connectivity index (χ0n) is 10.8. The van der Waals surface area contributed by atoms with Crippen molar-refractivity contribution in [1.29, 1.82) is 0 Å². The fourth-order valence-electron chi connectivity index (χ4n) is 2.27. The summed E-state index contributed by atoms with van der Waals surface area (Å²) >= 11 is 9.52. The smallest absolute Gasteiger partial charge is 0.124 e. The highest BCUT2D eigenvalue weighted by molar-refractivity contribution is 9.10. The normalized spacial score (nSPS) is 11.1. The van der Waals surface area contributed by atoms with E-state index in [1.54, 1.807) is 0 Å². The number of aryl methyl sites for hydroxylation is 2. The number of benzene rings is 1. The van der Waals surface area contributed by atoms with Crippen molar-refractivity contribution in [2.45, 2.75) is 18.8 Å². The lowest BCUT2D eigenvalue weighted by Gasteiger charge is -2.07. The van der Waals surface area contributed by atoms with Gasteiger partial charge in [0, 0.05) is 29.3 Å². The van der Waals surface area contributed by atoms with E-state index in [0.717, 1.165) is 40.0 Å². The Bertz CT molecular complexity index is 725. The Hall–Kier alpha value is -1.39. The van der Waals surface area contributed by atoms with Crippen molar-refractivity contribution in [3.8, 4) is 0 Å². The number of imidazole rings is 1. The fourth-order valence-corrected chi connectivity index (χ4v) is 2.82. The van der Waals surface area contributed by atoms with Crippen LogP contribution in [0.2, 0.25) is 0 Å². The van der Waals surface area contributed by atoms with Crippen molar-refractivity contribution < 1.29 is 0 Å². The fraction of sp³-hybridized carbons (Fsp3) is 0.200. The Kier molecular flexibility index (Phi) is 4.03. The first kappa shape index (κ1) is 13.6. The van der Waals surface area contributed by atoms with Crippen LogP contribution in [0.4, 0.5) is 0 Å². The molecule has 0 N–H and O–H groups in total. The van der Waals surface area contributed by atoms with Gasteiger partial charge < -0.3 is 4.57 Å². The molecule has 20 heavy (non-hydrogen) atoms. The summed E-state index contributed by atoms with van der Waals surface area (Å²) in [5, 5.41) is 0. The number of hydrogen-bond donors (Lipinski definition) is 0. The average Bonchev–Trinajstić information content (AvgIpc) is 2.83. The van der Waals surface area contributed by atoms with Crippen LogP contribution in [0.1, 0.15) is 11.5 Å². The molecule has 0 bridgehead atoms. The van der Waals surface area contributed by atoms with Gasteiger partial charge >= 0.3 is 0 Å². The van der Waals surface area contributed by atoms with Crippen molar-refractivity contribution in [2.75, 3.05) is 0 Å². The summed E-state index contributed by atoms with van der Waals surface area (Å²) in [5.74, 6) is 1.31. The second kappa shape index (κ2) is 5.94. The van der Waals surface area contributed by atoms with Gasteiger partial charge in [0.2, 0.25) is 0 Å². The summed E-state index contributed by atoms with van der Waals surface area (Å²) < 4.78 is 3.21. The Morgan fingerprint density at radius 3 is 2.85 bits per heavy atom. The highest BCUT2D eigenvalue weighted by atomic mass is 79.9. The van der Waals surface area contributed by atoms with Gasteiger partial charge in [0.25, 0.3) is 0 Å². The van der Waals surface area contributed by atoms with Gasteiger partial charge in [-0.15, -0.1) is 11.6 Å². The SMILES string of the molecule is ClCc1nc2ccc(Br)cc2n1CCc1ccccn1. The summed E-state index contributed by atoms with van der Waals surface area (Å²) in [6.45, 7) is 0.825. The Balaban J connectivity index is 1.95. The molecule has 0 radical (unpaired) electrons. The monoisotopic (exact) mass is 349 g/mol. The molecule has 0 atom stereocenters. The topological polar surface area (TPSA) is 30.7 Å². The second-order valence-electron chi connectivity index (χ2n) is 4.52. The van der Waals surface area contributed by atoms with Crippen LogP contribution < -0.4 is 0 Å². The molecule has 0 aliphatic rings. The van der Waals surface area contributed by atoms with E-state index in [0.29, 0.717) is 5.88 Å². The van der Waals surface area contributed by atoms with Gasteiger partial charge in [0.1, 0.15) is 5.82 Å². The minimum absolute atomic E-state index is 0.411. The maximum atomic E-state index is 6.01. The first-order chi connectivity index (χ1) is 9.78. The molecular weight excluding hydrogens is 338 g/mol. The molecule has 3 nitrogen and oxygen atoms in total. The highest BCUT2D eigenvalue weighted by Gasteiger charge is 2.10. The van der Waals surface area contributed by atoms with E-state index in [-0.39, 0.29) is 0 Å². The lowest BCUT2D eigenvalue weighted by atomic mass is 10.2. The molecule has 3 rings (SSSR count). The average molecular weight is 351 g/mol. The van der Waals surface area contributed by atoms with Crippen molar-refractivity contribution in [3.63, 3.8) is 0 Å². The molecule has 3 aromatic rings. The van der Waals surface area contributed by atoms with E-state index < -0.39 is 0 Å². The lowest BCUT2D eigenvalue weighted by Crippen LogP contribution is -2.06. The molecule has 1 aromatic carbocycles. The van der Waals surface area contributed by atoms with Gasteiger partial charge in [-0.1, -0.05) is 22.0 Å². The Morgan fingerprint density at radius 1 is 1.20 bits per heavy atom. The van der Waals surface area contributed by atoms with E-state index >= 15 is 0 Å². The molecule has 0 aliphatic carbocycles. The summed E-state index contributed by atoms with van der Waals surface area (Å²) in [6.07, 6.45) is 2.68. The lowest BCUT2D eigenvalue weighted by molar-refractivity contribution is 0.678. The predicted molar refractivity (Wildman–Crippen MR) is 84.9 cm³/mol. The summed E-state index contributed by atoms with van der Waals surface area (Å²) in [5.41, 5.74) is 3.15.